The standard InChI is InChI=1S/C23H19N5/c1-14-6-8-17(15(2)10-14)16-7-9-20-18(11-16)23(25-13-24-20)27-21-4-3-5-22-19(21)12-26-28-22/h3-13H,1-2H3,(H,26,28)(H,24,25,27). The zero-order valence-electron chi connectivity index (χ0n) is 15.7. The molecular weight excluding hydrogens is 346 g/mol. The monoisotopic (exact) mass is 365 g/mol. The third-order valence-corrected chi connectivity index (χ3v) is 5.07. The van der Waals surface area contributed by atoms with E-state index in [1.807, 2.05) is 24.4 Å². The van der Waals surface area contributed by atoms with Gasteiger partial charge in [-0.05, 0) is 54.8 Å². The van der Waals surface area contributed by atoms with Gasteiger partial charge in [-0.15, -0.1) is 0 Å². The number of aromatic nitrogens is 4. The smallest absolute Gasteiger partial charge is 0.141 e. The molecule has 0 spiro atoms. The molecule has 136 valence electrons. The summed E-state index contributed by atoms with van der Waals surface area (Å²) in [4.78, 5) is 8.95. The van der Waals surface area contributed by atoms with Crippen molar-refractivity contribution < 1.29 is 0 Å². The summed E-state index contributed by atoms with van der Waals surface area (Å²) in [6.07, 6.45) is 3.42. The van der Waals surface area contributed by atoms with Gasteiger partial charge in [-0.2, -0.15) is 5.10 Å². The highest BCUT2D eigenvalue weighted by Gasteiger charge is 2.10. The van der Waals surface area contributed by atoms with Crippen LogP contribution in [-0.4, -0.2) is 20.2 Å². The summed E-state index contributed by atoms with van der Waals surface area (Å²) in [5, 5.41) is 12.6. The van der Waals surface area contributed by atoms with E-state index in [1.54, 1.807) is 6.33 Å². The van der Waals surface area contributed by atoms with Crippen LogP contribution in [0.1, 0.15) is 11.1 Å². The van der Waals surface area contributed by atoms with E-state index >= 15 is 0 Å². The van der Waals surface area contributed by atoms with E-state index in [2.05, 4.69) is 75.7 Å². The first-order valence-corrected chi connectivity index (χ1v) is 9.20. The highest BCUT2D eigenvalue weighted by Crippen LogP contribution is 2.31. The van der Waals surface area contributed by atoms with Gasteiger partial charge in [0, 0.05) is 10.8 Å². The lowest BCUT2D eigenvalue weighted by molar-refractivity contribution is 1.12. The number of benzene rings is 3. The number of fused-ring (bicyclic) bond motifs is 2. The van der Waals surface area contributed by atoms with Crippen molar-refractivity contribution in [1.82, 2.24) is 20.2 Å². The Hall–Kier alpha value is -3.73. The van der Waals surface area contributed by atoms with Crippen molar-refractivity contribution in [3.8, 4) is 11.1 Å². The fraction of sp³-hybridized carbons (Fsp3) is 0.0870. The topological polar surface area (TPSA) is 66.5 Å². The van der Waals surface area contributed by atoms with Crippen molar-refractivity contribution in [2.45, 2.75) is 13.8 Å². The molecule has 0 radical (unpaired) electrons. The lowest BCUT2D eigenvalue weighted by Crippen LogP contribution is -1.97. The third-order valence-electron chi connectivity index (χ3n) is 5.07. The molecule has 5 nitrogen and oxygen atoms in total. The molecule has 0 aliphatic heterocycles. The van der Waals surface area contributed by atoms with Crippen LogP contribution >= 0.6 is 0 Å². The minimum atomic E-state index is 0.783. The first-order chi connectivity index (χ1) is 13.7. The van der Waals surface area contributed by atoms with Crippen LogP contribution in [0.2, 0.25) is 0 Å². The molecule has 5 heteroatoms. The fourth-order valence-electron chi connectivity index (χ4n) is 3.67. The molecule has 2 heterocycles. The highest BCUT2D eigenvalue weighted by atomic mass is 15.1. The van der Waals surface area contributed by atoms with E-state index in [-0.39, 0.29) is 0 Å². The van der Waals surface area contributed by atoms with Crippen LogP contribution in [0.25, 0.3) is 32.9 Å². The first kappa shape index (κ1) is 16.4. The molecule has 0 fully saturated rings. The average molecular weight is 365 g/mol. The molecule has 0 saturated carbocycles. The molecule has 0 aliphatic carbocycles. The molecule has 0 unspecified atom stereocenters. The Morgan fingerprint density at radius 1 is 0.893 bits per heavy atom. The lowest BCUT2D eigenvalue weighted by atomic mass is 9.97. The van der Waals surface area contributed by atoms with Crippen LogP contribution in [0.3, 0.4) is 0 Å². The van der Waals surface area contributed by atoms with Crippen LogP contribution in [0.4, 0.5) is 11.5 Å². The summed E-state index contributed by atoms with van der Waals surface area (Å²) in [7, 11) is 0. The number of nitrogens with one attached hydrogen (secondary N) is 2. The van der Waals surface area contributed by atoms with Gasteiger partial charge < -0.3 is 5.32 Å². The van der Waals surface area contributed by atoms with E-state index in [0.29, 0.717) is 0 Å². The third kappa shape index (κ3) is 2.77. The maximum absolute atomic E-state index is 4.51. The van der Waals surface area contributed by atoms with E-state index in [4.69, 9.17) is 0 Å². The summed E-state index contributed by atoms with van der Waals surface area (Å²) in [5.74, 6) is 0.783. The number of hydrogen-bond donors (Lipinski definition) is 2. The van der Waals surface area contributed by atoms with Crippen molar-refractivity contribution in [3.63, 3.8) is 0 Å². The Morgan fingerprint density at radius 2 is 1.82 bits per heavy atom. The Bertz CT molecular complexity index is 1320. The number of rotatable bonds is 3. The van der Waals surface area contributed by atoms with Gasteiger partial charge in [0.2, 0.25) is 0 Å². The Morgan fingerprint density at radius 3 is 2.71 bits per heavy atom. The normalized spacial score (nSPS) is 11.2. The van der Waals surface area contributed by atoms with Gasteiger partial charge in [-0.25, -0.2) is 9.97 Å². The number of nitrogens with zero attached hydrogens (tertiary/aromatic N) is 3. The minimum absolute atomic E-state index is 0.783. The maximum Gasteiger partial charge on any atom is 0.141 e. The van der Waals surface area contributed by atoms with Crippen LogP contribution < -0.4 is 5.32 Å². The summed E-state index contributed by atoms with van der Waals surface area (Å²) >= 11 is 0. The quantitative estimate of drug-likeness (QED) is 0.441. The molecule has 28 heavy (non-hydrogen) atoms. The molecule has 0 aliphatic rings. The minimum Gasteiger partial charge on any atom is -0.339 e. The van der Waals surface area contributed by atoms with Crippen LogP contribution in [0.5, 0.6) is 0 Å². The second-order valence-electron chi connectivity index (χ2n) is 7.03. The zero-order valence-corrected chi connectivity index (χ0v) is 15.7. The number of H-pyrrole nitrogens is 1. The predicted molar refractivity (Wildman–Crippen MR) is 114 cm³/mol. The van der Waals surface area contributed by atoms with E-state index in [0.717, 1.165) is 38.9 Å². The van der Waals surface area contributed by atoms with Gasteiger partial charge in [0.1, 0.15) is 12.1 Å². The van der Waals surface area contributed by atoms with Crippen LogP contribution in [0.15, 0.2) is 67.1 Å². The summed E-state index contributed by atoms with van der Waals surface area (Å²) in [5.41, 5.74) is 7.76. The highest BCUT2D eigenvalue weighted by molar-refractivity contribution is 5.98. The molecule has 0 saturated heterocycles. The van der Waals surface area contributed by atoms with Gasteiger partial charge >= 0.3 is 0 Å². The van der Waals surface area contributed by atoms with Crippen LogP contribution in [-0.2, 0) is 0 Å². The molecular formula is C23H19N5. The number of aromatic amines is 1. The van der Waals surface area contributed by atoms with Crippen molar-refractivity contribution in [3.05, 3.63) is 78.2 Å². The lowest BCUT2D eigenvalue weighted by Gasteiger charge is -2.12. The molecule has 5 aromatic rings. The molecule has 5 rings (SSSR count). The molecule has 0 atom stereocenters. The van der Waals surface area contributed by atoms with Gasteiger partial charge in [0.25, 0.3) is 0 Å². The van der Waals surface area contributed by atoms with E-state index in [1.165, 1.54) is 16.7 Å². The Labute approximate surface area is 162 Å². The van der Waals surface area contributed by atoms with Gasteiger partial charge in [-0.3, -0.25) is 5.10 Å². The summed E-state index contributed by atoms with van der Waals surface area (Å²) in [6.45, 7) is 4.26. The van der Waals surface area contributed by atoms with Gasteiger partial charge in [-0.1, -0.05) is 35.9 Å². The first-order valence-electron chi connectivity index (χ1n) is 9.20. The molecule has 2 N–H and O–H groups in total. The second-order valence-corrected chi connectivity index (χ2v) is 7.03. The van der Waals surface area contributed by atoms with E-state index < -0.39 is 0 Å². The van der Waals surface area contributed by atoms with Crippen molar-refractivity contribution >= 4 is 33.3 Å². The SMILES string of the molecule is Cc1ccc(-c2ccc3ncnc(Nc4cccc5[nH]ncc45)c3c2)c(C)c1. The van der Waals surface area contributed by atoms with Crippen molar-refractivity contribution in [2.24, 2.45) is 0 Å². The Balaban J connectivity index is 1.64. The molecule has 0 amide bonds. The van der Waals surface area contributed by atoms with E-state index in [9.17, 15) is 0 Å². The number of anilines is 2. The van der Waals surface area contributed by atoms with Crippen LogP contribution in [0, 0.1) is 13.8 Å². The Kier molecular flexibility index (Phi) is 3.79. The number of hydrogen-bond acceptors (Lipinski definition) is 4. The average Bonchev–Trinajstić information content (AvgIpc) is 3.18. The van der Waals surface area contributed by atoms with Gasteiger partial charge in [0.15, 0.2) is 0 Å². The molecule has 3 aromatic carbocycles. The maximum atomic E-state index is 4.51. The number of aryl methyl sites for hydroxylation is 2. The zero-order chi connectivity index (χ0) is 19.1. The summed E-state index contributed by atoms with van der Waals surface area (Å²) < 4.78 is 0. The van der Waals surface area contributed by atoms with Gasteiger partial charge in [0.05, 0.1) is 22.9 Å². The second kappa shape index (κ2) is 6.46. The predicted octanol–water partition coefficient (Wildman–Crippen LogP) is 5.53. The molecule has 0 bridgehead atoms. The molecule has 2 aromatic heterocycles. The van der Waals surface area contributed by atoms with Crippen molar-refractivity contribution in [2.75, 3.05) is 5.32 Å². The summed E-state index contributed by atoms with van der Waals surface area (Å²) in [6, 6.07) is 18.9. The van der Waals surface area contributed by atoms with Crippen molar-refractivity contribution in [1.29, 1.82) is 0 Å². The largest absolute Gasteiger partial charge is 0.339 e. The fourth-order valence-corrected chi connectivity index (χ4v) is 3.67.